The fourth-order valence-electron chi connectivity index (χ4n) is 1.14. The molecule has 0 unspecified atom stereocenters. The molecule has 1 rings (SSSR count). The maximum Gasteiger partial charge on any atom is 0.417 e. The maximum absolute atomic E-state index is 12.5. The van der Waals surface area contributed by atoms with Gasteiger partial charge in [0.25, 0.3) is 0 Å². The van der Waals surface area contributed by atoms with E-state index in [2.05, 4.69) is 0 Å². The Bertz CT molecular complexity index is 496. The molecule has 0 amide bonds. The molecule has 0 aliphatic heterocycles. The Kier molecular flexibility index (Phi) is 3.65. The summed E-state index contributed by atoms with van der Waals surface area (Å²) >= 11 is 1.31. The van der Waals surface area contributed by atoms with Crippen molar-refractivity contribution in [2.75, 3.05) is 0 Å². The highest BCUT2D eigenvalue weighted by atomic mass is 127. The van der Waals surface area contributed by atoms with Crippen molar-refractivity contribution in [3.63, 3.8) is 0 Å². The van der Waals surface area contributed by atoms with Gasteiger partial charge in [0.05, 0.1) is 16.7 Å². The van der Waals surface area contributed by atoms with E-state index in [1.807, 2.05) is 0 Å². The van der Waals surface area contributed by atoms with Crippen LogP contribution >= 0.6 is 22.6 Å². The van der Waals surface area contributed by atoms with Crippen molar-refractivity contribution in [1.29, 1.82) is 0 Å². The number of benzene rings is 1. The maximum atomic E-state index is 12.5. The minimum absolute atomic E-state index is 0.327. The van der Waals surface area contributed by atoms with Crippen molar-refractivity contribution >= 4 is 34.5 Å². The number of alkyl halides is 3. The van der Waals surface area contributed by atoms with Gasteiger partial charge < -0.3 is 10.2 Å². The van der Waals surface area contributed by atoms with Crippen LogP contribution in [0.4, 0.5) is 13.2 Å². The van der Waals surface area contributed by atoms with Crippen LogP contribution in [0.1, 0.15) is 26.3 Å². The van der Waals surface area contributed by atoms with Crippen LogP contribution in [-0.2, 0) is 6.18 Å². The van der Waals surface area contributed by atoms with E-state index < -0.39 is 34.8 Å². The second-order valence-corrected chi connectivity index (χ2v) is 4.15. The Hall–Kier alpha value is -1.32. The molecule has 0 radical (unpaired) electrons. The monoisotopic (exact) mass is 360 g/mol. The minimum atomic E-state index is -4.72. The molecular formula is C9H4F3IO4. The molecule has 0 saturated carbocycles. The lowest BCUT2D eigenvalue weighted by Crippen LogP contribution is -2.14. The molecule has 0 fully saturated rings. The fourth-order valence-corrected chi connectivity index (χ4v) is 1.92. The van der Waals surface area contributed by atoms with Gasteiger partial charge in [0.2, 0.25) is 0 Å². The summed E-state index contributed by atoms with van der Waals surface area (Å²) in [4.78, 5) is 21.4. The van der Waals surface area contributed by atoms with E-state index >= 15 is 0 Å². The van der Waals surface area contributed by atoms with Gasteiger partial charge in [0.1, 0.15) is 0 Å². The first-order valence-electron chi connectivity index (χ1n) is 4.02. The highest BCUT2D eigenvalue weighted by Crippen LogP contribution is 2.34. The van der Waals surface area contributed by atoms with Crippen LogP contribution in [0, 0.1) is 3.57 Å². The molecule has 0 atom stereocenters. The summed E-state index contributed by atoms with van der Waals surface area (Å²) in [7, 11) is 0. The van der Waals surface area contributed by atoms with Gasteiger partial charge in [-0.1, -0.05) is 0 Å². The van der Waals surface area contributed by atoms with Crippen molar-refractivity contribution in [3.05, 3.63) is 32.4 Å². The van der Waals surface area contributed by atoms with Crippen LogP contribution in [0.3, 0.4) is 0 Å². The molecule has 2 N–H and O–H groups in total. The van der Waals surface area contributed by atoms with Crippen LogP contribution in [0.25, 0.3) is 0 Å². The van der Waals surface area contributed by atoms with Crippen molar-refractivity contribution in [3.8, 4) is 0 Å². The molecule has 0 spiro atoms. The topological polar surface area (TPSA) is 74.6 Å². The summed E-state index contributed by atoms with van der Waals surface area (Å²) in [6.45, 7) is 0. The third-order valence-corrected chi connectivity index (χ3v) is 2.77. The molecule has 0 bridgehead atoms. The van der Waals surface area contributed by atoms with Gasteiger partial charge in [-0.15, -0.1) is 0 Å². The van der Waals surface area contributed by atoms with E-state index in [-0.39, 0.29) is 3.57 Å². The van der Waals surface area contributed by atoms with Crippen LogP contribution in [0.15, 0.2) is 12.1 Å². The zero-order valence-corrected chi connectivity index (χ0v) is 10.0. The van der Waals surface area contributed by atoms with Crippen LogP contribution < -0.4 is 0 Å². The van der Waals surface area contributed by atoms with E-state index in [1.54, 1.807) is 0 Å². The largest absolute Gasteiger partial charge is 0.478 e. The first kappa shape index (κ1) is 13.7. The predicted octanol–water partition coefficient (Wildman–Crippen LogP) is 2.71. The summed E-state index contributed by atoms with van der Waals surface area (Å²) in [6.07, 6.45) is -4.72. The van der Waals surface area contributed by atoms with Gasteiger partial charge in [0, 0.05) is 3.57 Å². The third kappa shape index (κ3) is 2.87. The lowest BCUT2D eigenvalue weighted by Gasteiger charge is -2.11. The number of hydrogen-bond acceptors (Lipinski definition) is 2. The number of rotatable bonds is 2. The SMILES string of the molecule is O=C(O)c1cc(I)c(C(F)(F)F)cc1C(=O)O. The normalized spacial score (nSPS) is 11.3. The highest BCUT2D eigenvalue weighted by Gasteiger charge is 2.35. The molecule has 8 heteroatoms. The molecule has 0 heterocycles. The smallest absolute Gasteiger partial charge is 0.417 e. The Morgan fingerprint density at radius 3 is 1.82 bits per heavy atom. The lowest BCUT2D eigenvalue weighted by molar-refractivity contribution is -0.138. The molecular weight excluding hydrogens is 356 g/mol. The van der Waals surface area contributed by atoms with E-state index in [1.165, 1.54) is 22.6 Å². The Morgan fingerprint density at radius 1 is 1.06 bits per heavy atom. The number of carboxylic acids is 2. The summed E-state index contributed by atoms with van der Waals surface area (Å²) in [5.74, 6) is -3.31. The second-order valence-electron chi connectivity index (χ2n) is 2.99. The standard InChI is InChI=1S/C9H4F3IO4/c10-9(11,12)5-1-3(7(14)15)4(8(16)17)2-6(5)13/h1-2H,(H,14,15)(H,16,17). The van der Waals surface area contributed by atoms with Crippen molar-refractivity contribution in [2.45, 2.75) is 6.18 Å². The molecule has 17 heavy (non-hydrogen) atoms. The molecule has 0 aliphatic carbocycles. The van der Waals surface area contributed by atoms with Gasteiger partial charge in [-0.2, -0.15) is 13.2 Å². The number of carbonyl (C=O) groups is 2. The summed E-state index contributed by atoms with van der Waals surface area (Å²) in [5, 5.41) is 17.3. The minimum Gasteiger partial charge on any atom is -0.478 e. The van der Waals surface area contributed by atoms with E-state index in [4.69, 9.17) is 10.2 Å². The molecule has 1 aromatic carbocycles. The fraction of sp³-hybridized carbons (Fsp3) is 0.111. The Labute approximate surface area is 106 Å². The van der Waals surface area contributed by atoms with Crippen molar-refractivity contribution in [2.24, 2.45) is 0 Å². The van der Waals surface area contributed by atoms with Gasteiger partial charge in [-0.25, -0.2) is 9.59 Å². The zero-order chi connectivity index (χ0) is 13.4. The third-order valence-electron chi connectivity index (χ3n) is 1.87. The van der Waals surface area contributed by atoms with Crippen LogP contribution in [0.2, 0.25) is 0 Å². The van der Waals surface area contributed by atoms with E-state index in [9.17, 15) is 22.8 Å². The second kappa shape index (κ2) is 4.51. The first-order valence-corrected chi connectivity index (χ1v) is 5.09. The molecule has 1 aromatic rings. The van der Waals surface area contributed by atoms with Gasteiger partial charge in [-0.05, 0) is 34.7 Å². The molecule has 0 saturated heterocycles. The quantitative estimate of drug-likeness (QED) is 0.796. The zero-order valence-electron chi connectivity index (χ0n) is 7.88. The Morgan fingerprint density at radius 2 is 1.47 bits per heavy atom. The predicted molar refractivity (Wildman–Crippen MR) is 58.1 cm³/mol. The molecule has 0 aliphatic rings. The summed E-state index contributed by atoms with van der Waals surface area (Å²) in [5.41, 5.74) is -2.72. The number of hydrogen-bond donors (Lipinski definition) is 2. The Balaban J connectivity index is 3.57. The average molecular weight is 360 g/mol. The van der Waals surface area contributed by atoms with Gasteiger partial charge >= 0.3 is 18.1 Å². The number of aromatic carboxylic acids is 2. The van der Waals surface area contributed by atoms with Crippen molar-refractivity contribution in [1.82, 2.24) is 0 Å². The average Bonchev–Trinajstić information content (AvgIpc) is 2.14. The number of halogens is 4. The van der Waals surface area contributed by atoms with Crippen LogP contribution in [-0.4, -0.2) is 22.2 Å². The van der Waals surface area contributed by atoms with E-state index in [0.717, 1.165) is 0 Å². The summed E-state index contributed by atoms with van der Waals surface area (Å²) in [6, 6.07) is 1.02. The molecule has 0 aromatic heterocycles. The molecule has 4 nitrogen and oxygen atoms in total. The van der Waals surface area contributed by atoms with Gasteiger partial charge in [-0.3, -0.25) is 0 Å². The first-order chi connectivity index (χ1) is 7.64. The molecule has 92 valence electrons. The summed E-state index contributed by atoms with van der Waals surface area (Å²) < 4.78 is 37.1. The highest BCUT2D eigenvalue weighted by molar-refractivity contribution is 14.1. The van der Waals surface area contributed by atoms with Crippen LogP contribution in [0.5, 0.6) is 0 Å². The number of carboxylic acid groups (broad SMARTS) is 2. The van der Waals surface area contributed by atoms with E-state index in [0.29, 0.717) is 12.1 Å². The van der Waals surface area contributed by atoms with Crippen molar-refractivity contribution < 1.29 is 33.0 Å². The van der Waals surface area contributed by atoms with Gasteiger partial charge in [0.15, 0.2) is 0 Å². The lowest BCUT2D eigenvalue weighted by atomic mass is 10.0.